The Morgan fingerprint density at radius 3 is 2.82 bits per heavy atom. The standard InChI is InChI=1S/C12H16F2N2O/c1-16-4-5-17-11(7-16)12(15)8-2-3-9(13)10(14)6-8/h2-3,6,11-12H,4-5,7,15H2,1H3. The fraction of sp³-hybridized carbons (Fsp3) is 0.500. The maximum atomic E-state index is 13.1. The molecule has 2 unspecified atom stereocenters. The Kier molecular flexibility index (Phi) is 3.71. The minimum Gasteiger partial charge on any atom is -0.374 e. The maximum Gasteiger partial charge on any atom is 0.159 e. The van der Waals surface area contributed by atoms with Gasteiger partial charge in [0.2, 0.25) is 0 Å². The molecule has 17 heavy (non-hydrogen) atoms. The van der Waals surface area contributed by atoms with Gasteiger partial charge in [-0.25, -0.2) is 8.78 Å². The first-order valence-electron chi connectivity index (χ1n) is 5.58. The first kappa shape index (κ1) is 12.4. The number of ether oxygens (including phenoxy) is 1. The van der Waals surface area contributed by atoms with Gasteiger partial charge in [-0.15, -0.1) is 0 Å². The van der Waals surface area contributed by atoms with Gasteiger partial charge in [-0.3, -0.25) is 0 Å². The molecule has 0 aromatic heterocycles. The van der Waals surface area contributed by atoms with Crippen LogP contribution in [0, 0.1) is 11.6 Å². The number of likely N-dealkylation sites (N-methyl/N-ethyl adjacent to an activating group) is 1. The summed E-state index contributed by atoms with van der Waals surface area (Å²) in [6.07, 6.45) is -0.182. The van der Waals surface area contributed by atoms with Gasteiger partial charge < -0.3 is 15.4 Å². The topological polar surface area (TPSA) is 38.5 Å². The van der Waals surface area contributed by atoms with Crippen LogP contribution >= 0.6 is 0 Å². The highest BCUT2D eigenvalue weighted by Gasteiger charge is 2.25. The zero-order valence-corrected chi connectivity index (χ0v) is 9.70. The van der Waals surface area contributed by atoms with Crippen LogP contribution in [0.4, 0.5) is 8.78 Å². The number of halogens is 2. The molecule has 1 aromatic rings. The highest BCUT2D eigenvalue weighted by molar-refractivity contribution is 5.22. The minimum atomic E-state index is -0.873. The van der Waals surface area contributed by atoms with Crippen molar-refractivity contribution < 1.29 is 13.5 Å². The monoisotopic (exact) mass is 242 g/mol. The van der Waals surface area contributed by atoms with Crippen molar-refractivity contribution in [1.82, 2.24) is 4.90 Å². The van der Waals surface area contributed by atoms with Crippen LogP contribution in [0.25, 0.3) is 0 Å². The average Bonchev–Trinajstić information content (AvgIpc) is 2.32. The van der Waals surface area contributed by atoms with Crippen molar-refractivity contribution in [2.75, 3.05) is 26.7 Å². The molecule has 94 valence electrons. The molecule has 2 N–H and O–H groups in total. The Labute approximate surface area is 99.2 Å². The summed E-state index contributed by atoms with van der Waals surface area (Å²) in [7, 11) is 1.98. The number of benzene rings is 1. The molecule has 0 saturated carbocycles. The predicted octanol–water partition coefficient (Wildman–Crippen LogP) is 1.30. The van der Waals surface area contributed by atoms with Crippen LogP contribution in [0.3, 0.4) is 0 Å². The molecule has 1 fully saturated rings. The van der Waals surface area contributed by atoms with Crippen LogP contribution in [-0.4, -0.2) is 37.7 Å². The molecule has 0 bridgehead atoms. The minimum absolute atomic E-state index is 0.182. The van der Waals surface area contributed by atoms with Gasteiger partial charge in [0, 0.05) is 13.1 Å². The van der Waals surface area contributed by atoms with Gasteiger partial charge in [0.1, 0.15) is 0 Å². The Morgan fingerprint density at radius 1 is 1.41 bits per heavy atom. The summed E-state index contributed by atoms with van der Waals surface area (Å²) in [5.41, 5.74) is 6.57. The largest absolute Gasteiger partial charge is 0.374 e. The SMILES string of the molecule is CN1CCOC(C(N)c2ccc(F)c(F)c2)C1. The van der Waals surface area contributed by atoms with E-state index in [9.17, 15) is 8.78 Å². The van der Waals surface area contributed by atoms with Crippen molar-refractivity contribution in [3.05, 3.63) is 35.4 Å². The van der Waals surface area contributed by atoms with Gasteiger partial charge in [0.25, 0.3) is 0 Å². The van der Waals surface area contributed by atoms with E-state index < -0.39 is 17.7 Å². The van der Waals surface area contributed by atoms with E-state index in [2.05, 4.69) is 4.90 Å². The van der Waals surface area contributed by atoms with Gasteiger partial charge in [-0.05, 0) is 24.7 Å². The molecule has 0 aliphatic carbocycles. The predicted molar refractivity (Wildman–Crippen MR) is 60.5 cm³/mol. The maximum absolute atomic E-state index is 13.1. The summed E-state index contributed by atoms with van der Waals surface area (Å²) in [4.78, 5) is 2.11. The third kappa shape index (κ3) is 2.80. The molecule has 1 aliphatic heterocycles. The second-order valence-electron chi connectivity index (χ2n) is 4.37. The van der Waals surface area contributed by atoms with Crippen molar-refractivity contribution in [2.24, 2.45) is 5.73 Å². The molecule has 2 atom stereocenters. The average molecular weight is 242 g/mol. The fourth-order valence-corrected chi connectivity index (χ4v) is 1.96. The second kappa shape index (κ2) is 5.08. The number of rotatable bonds is 2. The molecule has 1 saturated heterocycles. The summed E-state index contributed by atoms with van der Waals surface area (Å²) in [5, 5.41) is 0. The van der Waals surface area contributed by atoms with Gasteiger partial charge >= 0.3 is 0 Å². The molecule has 0 amide bonds. The van der Waals surface area contributed by atoms with Gasteiger partial charge in [0.15, 0.2) is 11.6 Å². The van der Waals surface area contributed by atoms with E-state index in [1.807, 2.05) is 7.05 Å². The number of hydrogen-bond acceptors (Lipinski definition) is 3. The van der Waals surface area contributed by atoms with Crippen LogP contribution in [-0.2, 0) is 4.74 Å². The van der Waals surface area contributed by atoms with Crippen molar-refractivity contribution in [3.8, 4) is 0 Å². The zero-order chi connectivity index (χ0) is 12.4. The highest BCUT2D eigenvalue weighted by Crippen LogP contribution is 2.21. The second-order valence-corrected chi connectivity index (χ2v) is 4.37. The Hall–Kier alpha value is -1.04. The van der Waals surface area contributed by atoms with Crippen molar-refractivity contribution in [1.29, 1.82) is 0 Å². The smallest absolute Gasteiger partial charge is 0.159 e. The van der Waals surface area contributed by atoms with E-state index in [1.54, 1.807) is 0 Å². The third-order valence-electron chi connectivity index (χ3n) is 3.03. The lowest BCUT2D eigenvalue weighted by atomic mass is 10.0. The zero-order valence-electron chi connectivity index (χ0n) is 9.70. The summed E-state index contributed by atoms with van der Waals surface area (Å²) in [6.45, 7) is 2.17. The molecule has 3 nitrogen and oxygen atoms in total. The van der Waals surface area contributed by atoms with E-state index in [-0.39, 0.29) is 6.10 Å². The van der Waals surface area contributed by atoms with Gasteiger partial charge in [0.05, 0.1) is 18.8 Å². The van der Waals surface area contributed by atoms with Crippen LogP contribution in [0.1, 0.15) is 11.6 Å². The Balaban J connectivity index is 2.12. The van der Waals surface area contributed by atoms with Crippen molar-refractivity contribution in [2.45, 2.75) is 12.1 Å². The molecule has 2 rings (SSSR count). The lowest BCUT2D eigenvalue weighted by Gasteiger charge is -2.33. The molecule has 0 spiro atoms. The number of nitrogens with zero attached hydrogens (tertiary/aromatic N) is 1. The lowest BCUT2D eigenvalue weighted by Crippen LogP contribution is -2.45. The van der Waals surface area contributed by atoms with Crippen molar-refractivity contribution in [3.63, 3.8) is 0 Å². The lowest BCUT2D eigenvalue weighted by molar-refractivity contribution is -0.0326. The van der Waals surface area contributed by atoms with Gasteiger partial charge in [-0.1, -0.05) is 6.07 Å². The Morgan fingerprint density at radius 2 is 2.18 bits per heavy atom. The summed E-state index contributed by atoms with van der Waals surface area (Å²) >= 11 is 0. The molecular weight excluding hydrogens is 226 g/mol. The van der Waals surface area contributed by atoms with Crippen LogP contribution in [0.5, 0.6) is 0 Å². The van der Waals surface area contributed by atoms with Crippen molar-refractivity contribution >= 4 is 0 Å². The quantitative estimate of drug-likeness (QED) is 0.849. The van der Waals surface area contributed by atoms with E-state index in [1.165, 1.54) is 6.07 Å². The number of morpholine rings is 1. The van der Waals surface area contributed by atoms with E-state index in [0.717, 1.165) is 18.7 Å². The molecule has 0 radical (unpaired) electrons. The first-order chi connectivity index (χ1) is 8.08. The summed E-state index contributed by atoms with van der Waals surface area (Å²) < 4.78 is 31.5. The first-order valence-corrected chi connectivity index (χ1v) is 5.58. The number of nitrogens with two attached hydrogens (primary N) is 1. The number of hydrogen-bond donors (Lipinski definition) is 1. The van der Waals surface area contributed by atoms with Gasteiger partial charge in [-0.2, -0.15) is 0 Å². The molecular formula is C12H16F2N2O. The molecule has 1 aromatic carbocycles. The van der Waals surface area contributed by atoms with E-state index in [4.69, 9.17) is 10.5 Å². The molecule has 5 heteroatoms. The normalized spacial score (nSPS) is 23.6. The van der Waals surface area contributed by atoms with Crippen LogP contribution in [0.15, 0.2) is 18.2 Å². The van der Waals surface area contributed by atoms with E-state index >= 15 is 0 Å². The summed E-state index contributed by atoms with van der Waals surface area (Å²) in [6, 6.07) is 3.30. The van der Waals surface area contributed by atoms with Crippen LogP contribution in [0.2, 0.25) is 0 Å². The summed E-state index contributed by atoms with van der Waals surface area (Å²) in [5.74, 6) is -1.73. The molecule has 1 aliphatic rings. The highest BCUT2D eigenvalue weighted by atomic mass is 19.2. The Bertz CT molecular complexity index is 400. The van der Waals surface area contributed by atoms with E-state index in [0.29, 0.717) is 18.7 Å². The third-order valence-corrected chi connectivity index (χ3v) is 3.03. The van der Waals surface area contributed by atoms with Crippen LogP contribution < -0.4 is 5.73 Å². The fourth-order valence-electron chi connectivity index (χ4n) is 1.96. The molecule has 1 heterocycles.